The number of carbonyl (C=O) groups is 2. The van der Waals surface area contributed by atoms with E-state index in [1.54, 1.807) is 29.7 Å². The molecule has 7 heteroatoms. The Labute approximate surface area is 180 Å². The molecule has 0 saturated carbocycles. The summed E-state index contributed by atoms with van der Waals surface area (Å²) in [7, 11) is 0. The molecule has 0 bridgehead atoms. The zero-order valence-corrected chi connectivity index (χ0v) is 17.4. The van der Waals surface area contributed by atoms with E-state index in [0.29, 0.717) is 24.4 Å². The number of nitrogens with one attached hydrogen (secondary N) is 1. The molecule has 1 aromatic carbocycles. The molecule has 156 valence electrons. The third-order valence-corrected chi connectivity index (χ3v) is 6.28. The number of hydrogen-bond donors (Lipinski definition) is 1. The Kier molecular flexibility index (Phi) is 4.54. The van der Waals surface area contributed by atoms with Gasteiger partial charge in [-0.1, -0.05) is 38.1 Å². The summed E-state index contributed by atoms with van der Waals surface area (Å²) >= 11 is 0. The van der Waals surface area contributed by atoms with Crippen LogP contribution < -0.4 is 5.32 Å². The van der Waals surface area contributed by atoms with Crippen molar-refractivity contribution in [3.63, 3.8) is 0 Å². The second-order valence-electron chi connectivity index (χ2n) is 8.39. The zero-order valence-electron chi connectivity index (χ0n) is 17.4. The Balaban J connectivity index is 1.61. The Morgan fingerprint density at radius 3 is 2.61 bits per heavy atom. The van der Waals surface area contributed by atoms with Gasteiger partial charge in [0, 0.05) is 42.9 Å². The number of carbonyl (C=O) groups excluding carboxylic acids is 2. The number of benzene rings is 1. The summed E-state index contributed by atoms with van der Waals surface area (Å²) < 4.78 is 0. The molecule has 1 N–H and O–H groups in total. The van der Waals surface area contributed by atoms with Crippen molar-refractivity contribution in [1.82, 2.24) is 19.9 Å². The minimum absolute atomic E-state index is 0.0794. The number of rotatable bonds is 3. The number of fused-ring (bicyclic) bond motifs is 2. The van der Waals surface area contributed by atoms with Gasteiger partial charge in [-0.3, -0.25) is 14.6 Å². The molecule has 0 radical (unpaired) electrons. The van der Waals surface area contributed by atoms with Crippen LogP contribution in [0.25, 0.3) is 0 Å². The van der Waals surface area contributed by atoms with Gasteiger partial charge in [0.15, 0.2) is 0 Å². The Hall–Kier alpha value is -3.61. The number of para-hydroxylation sites is 1. The van der Waals surface area contributed by atoms with Crippen LogP contribution in [0, 0.1) is 0 Å². The Bertz CT molecular complexity index is 1150. The predicted molar refractivity (Wildman–Crippen MR) is 116 cm³/mol. The molecule has 7 nitrogen and oxygen atoms in total. The topological polar surface area (TPSA) is 88.1 Å². The first kappa shape index (κ1) is 19.4. The van der Waals surface area contributed by atoms with Crippen LogP contribution in [-0.2, 0) is 10.2 Å². The summed E-state index contributed by atoms with van der Waals surface area (Å²) in [4.78, 5) is 41.7. The summed E-state index contributed by atoms with van der Waals surface area (Å²) in [5.74, 6) is 0.617. The van der Waals surface area contributed by atoms with Gasteiger partial charge in [0.25, 0.3) is 5.91 Å². The molecule has 2 amide bonds. The van der Waals surface area contributed by atoms with Crippen LogP contribution in [-0.4, -0.2) is 38.2 Å². The van der Waals surface area contributed by atoms with E-state index >= 15 is 0 Å². The summed E-state index contributed by atoms with van der Waals surface area (Å²) in [6.07, 6.45) is 7.13. The van der Waals surface area contributed by atoms with Gasteiger partial charge < -0.3 is 10.2 Å². The number of aromatic nitrogens is 3. The van der Waals surface area contributed by atoms with Crippen molar-refractivity contribution in [3.05, 3.63) is 83.7 Å². The lowest BCUT2D eigenvalue weighted by Crippen LogP contribution is -2.42. The van der Waals surface area contributed by atoms with E-state index in [2.05, 4.69) is 20.3 Å². The Morgan fingerprint density at radius 2 is 1.90 bits per heavy atom. The minimum Gasteiger partial charge on any atom is -0.330 e. The SMILES string of the molecule is CC(C)c1ncc(C(=O)N2CCC3(C(=O)Nc4ccccc43)C2c2cccnc2)cn1. The van der Waals surface area contributed by atoms with Crippen LogP contribution >= 0.6 is 0 Å². The molecular formula is C24H23N5O2. The van der Waals surface area contributed by atoms with Gasteiger partial charge in [-0.2, -0.15) is 0 Å². The summed E-state index contributed by atoms with van der Waals surface area (Å²) in [6, 6.07) is 11.0. The number of nitrogens with zero attached hydrogens (tertiary/aromatic N) is 4. The molecule has 0 aliphatic carbocycles. The fraction of sp³-hybridized carbons (Fsp3) is 0.292. The highest BCUT2D eigenvalue weighted by atomic mass is 16.2. The lowest BCUT2D eigenvalue weighted by atomic mass is 9.73. The smallest absolute Gasteiger partial charge is 0.257 e. The molecule has 1 fully saturated rings. The molecule has 5 rings (SSSR count). The number of likely N-dealkylation sites (tertiary alicyclic amines) is 1. The molecule has 2 atom stereocenters. The second-order valence-corrected chi connectivity index (χ2v) is 8.39. The molecule has 3 aromatic rings. The maximum atomic E-state index is 13.6. The molecule has 2 aromatic heterocycles. The highest BCUT2D eigenvalue weighted by molar-refractivity contribution is 6.08. The predicted octanol–water partition coefficient (Wildman–Crippen LogP) is 3.47. The van der Waals surface area contributed by atoms with Gasteiger partial charge in [-0.15, -0.1) is 0 Å². The van der Waals surface area contributed by atoms with Crippen LogP contribution in [0.15, 0.2) is 61.2 Å². The lowest BCUT2D eigenvalue weighted by Gasteiger charge is -2.34. The van der Waals surface area contributed by atoms with Gasteiger partial charge in [-0.05, 0) is 29.7 Å². The third kappa shape index (κ3) is 2.91. The fourth-order valence-corrected chi connectivity index (χ4v) is 4.82. The summed E-state index contributed by atoms with van der Waals surface area (Å²) in [5.41, 5.74) is 2.13. The van der Waals surface area contributed by atoms with Gasteiger partial charge in [0.2, 0.25) is 5.91 Å². The van der Waals surface area contributed by atoms with Crippen LogP contribution in [0.3, 0.4) is 0 Å². The van der Waals surface area contributed by atoms with E-state index in [4.69, 9.17) is 0 Å². The highest BCUT2D eigenvalue weighted by Crippen LogP contribution is 2.54. The van der Waals surface area contributed by atoms with Gasteiger partial charge >= 0.3 is 0 Å². The third-order valence-electron chi connectivity index (χ3n) is 6.28. The van der Waals surface area contributed by atoms with Gasteiger partial charge in [0.1, 0.15) is 11.2 Å². The highest BCUT2D eigenvalue weighted by Gasteiger charge is 2.59. The molecule has 2 unspecified atom stereocenters. The molecular weight excluding hydrogens is 390 g/mol. The zero-order chi connectivity index (χ0) is 21.6. The van der Waals surface area contributed by atoms with Gasteiger partial charge in [-0.25, -0.2) is 9.97 Å². The number of amides is 2. The van der Waals surface area contributed by atoms with Crippen LogP contribution in [0.1, 0.15) is 59.5 Å². The van der Waals surface area contributed by atoms with E-state index in [0.717, 1.165) is 16.8 Å². The van der Waals surface area contributed by atoms with Crippen LogP contribution in [0.4, 0.5) is 5.69 Å². The molecule has 31 heavy (non-hydrogen) atoms. The maximum absolute atomic E-state index is 13.6. The molecule has 2 aliphatic rings. The quantitative estimate of drug-likeness (QED) is 0.710. The van der Waals surface area contributed by atoms with E-state index in [1.165, 1.54) is 0 Å². The average molecular weight is 413 g/mol. The standard InChI is InChI=1S/C24H23N5O2/c1-15(2)21-26-13-17(14-27-21)22(30)29-11-9-24(20(29)16-6-5-10-25-12-16)18-7-3-4-8-19(18)28-23(24)31/h3-8,10,12-15,20H,9,11H2,1-2H3,(H,28,31). The first-order chi connectivity index (χ1) is 15.0. The monoisotopic (exact) mass is 413 g/mol. The van der Waals surface area contributed by atoms with Crippen molar-refractivity contribution in [1.29, 1.82) is 0 Å². The van der Waals surface area contributed by atoms with Crippen molar-refractivity contribution in [2.24, 2.45) is 0 Å². The fourth-order valence-electron chi connectivity index (χ4n) is 4.82. The van der Waals surface area contributed by atoms with Crippen molar-refractivity contribution in [2.45, 2.75) is 37.6 Å². The van der Waals surface area contributed by atoms with E-state index in [1.807, 2.05) is 50.2 Å². The Morgan fingerprint density at radius 1 is 1.13 bits per heavy atom. The molecule has 2 aliphatic heterocycles. The van der Waals surface area contributed by atoms with E-state index in [9.17, 15) is 9.59 Å². The molecule has 4 heterocycles. The normalized spacial score (nSPS) is 22.1. The van der Waals surface area contributed by atoms with Crippen molar-refractivity contribution in [2.75, 3.05) is 11.9 Å². The van der Waals surface area contributed by atoms with E-state index in [-0.39, 0.29) is 17.7 Å². The summed E-state index contributed by atoms with van der Waals surface area (Å²) in [6.45, 7) is 4.47. The minimum atomic E-state index is -0.853. The number of hydrogen-bond acceptors (Lipinski definition) is 5. The second kappa shape index (κ2) is 7.27. The van der Waals surface area contributed by atoms with Crippen molar-refractivity contribution >= 4 is 17.5 Å². The molecule has 1 saturated heterocycles. The maximum Gasteiger partial charge on any atom is 0.257 e. The first-order valence-corrected chi connectivity index (χ1v) is 10.5. The van der Waals surface area contributed by atoms with Crippen LogP contribution in [0.2, 0.25) is 0 Å². The largest absolute Gasteiger partial charge is 0.330 e. The number of anilines is 1. The van der Waals surface area contributed by atoms with Crippen molar-refractivity contribution < 1.29 is 9.59 Å². The lowest BCUT2D eigenvalue weighted by molar-refractivity contribution is -0.121. The first-order valence-electron chi connectivity index (χ1n) is 10.5. The number of pyridine rings is 1. The average Bonchev–Trinajstić information content (AvgIpc) is 3.33. The van der Waals surface area contributed by atoms with Crippen molar-refractivity contribution in [3.8, 4) is 0 Å². The summed E-state index contributed by atoms with van der Waals surface area (Å²) in [5, 5.41) is 3.03. The van der Waals surface area contributed by atoms with Gasteiger partial charge in [0.05, 0.1) is 11.6 Å². The van der Waals surface area contributed by atoms with Crippen LogP contribution in [0.5, 0.6) is 0 Å². The molecule has 1 spiro atoms. The van der Waals surface area contributed by atoms with E-state index < -0.39 is 11.5 Å².